The second-order valence-electron chi connectivity index (χ2n) is 3.72. The quantitative estimate of drug-likeness (QED) is 0.899. The van der Waals surface area contributed by atoms with Gasteiger partial charge >= 0.3 is 5.97 Å². The van der Waals surface area contributed by atoms with Crippen molar-refractivity contribution in [2.45, 2.75) is 6.61 Å². The average Bonchev–Trinajstić information content (AvgIpc) is 2.72. The zero-order chi connectivity index (χ0) is 13.1. The van der Waals surface area contributed by atoms with Gasteiger partial charge in [0.2, 0.25) is 0 Å². The van der Waals surface area contributed by atoms with E-state index >= 15 is 0 Å². The Balaban J connectivity index is 2.06. The van der Waals surface area contributed by atoms with E-state index in [4.69, 9.17) is 9.84 Å². The van der Waals surface area contributed by atoms with Gasteiger partial charge in [0.05, 0.1) is 11.3 Å². The van der Waals surface area contributed by atoms with E-state index in [1.807, 2.05) is 0 Å². The number of hydrogen-bond donors (Lipinski definition) is 1. The van der Waals surface area contributed by atoms with Gasteiger partial charge in [0.25, 0.3) is 0 Å². The third-order valence-electron chi connectivity index (χ3n) is 2.33. The van der Waals surface area contributed by atoms with Crippen molar-refractivity contribution in [3.63, 3.8) is 0 Å². The molecule has 1 aromatic carbocycles. The van der Waals surface area contributed by atoms with E-state index in [1.165, 1.54) is 12.1 Å². The Labute approximate surface area is 102 Å². The lowest BCUT2D eigenvalue weighted by Crippen LogP contribution is -2.02. The molecule has 2 aromatic rings. The van der Waals surface area contributed by atoms with E-state index < -0.39 is 11.8 Å². The molecule has 0 amide bonds. The maximum absolute atomic E-state index is 13.4. The number of hydrogen-bond acceptors (Lipinski definition) is 3. The molecule has 0 aliphatic heterocycles. The minimum atomic E-state index is -1.30. The number of ether oxygens (including phenoxy) is 1. The molecule has 1 N–H and O–H groups in total. The number of carbonyl (C=O) groups is 1. The van der Waals surface area contributed by atoms with Crippen LogP contribution < -0.4 is 4.74 Å². The lowest BCUT2D eigenvalue weighted by Gasteiger charge is -2.05. The molecule has 0 saturated heterocycles. The third kappa shape index (κ3) is 2.65. The highest BCUT2D eigenvalue weighted by atomic mass is 19.1. The Morgan fingerprint density at radius 1 is 1.50 bits per heavy atom. The second kappa shape index (κ2) is 4.87. The summed E-state index contributed by atoms with van der Waals surface area (Å²) >= 11 is 0. The van der Waals surface area contributed by atoms with Gasteiger partial charge in [-0.05, 0) is 18.2 Å². The van der Waals surface area contributed by atoms with E-state index in [9.17, 15) is 9.18 Å². The fraction of sp³-hybridized carbons (Fsp3) is 0.167. The summed E-state index contributed by atoms with van der Waals surface area (Å²) in [7, 11) is 1.78. The predicted molar refractivity (Wildman–Crippen MR) is 60.9 cm³/mol. The van der Waals surface area contributed by atoms with Gasteiger partial charge in [-0.25, -0.2) is 9.18 Å². The topological polar surface area (TPSA) is 64.3 Å². The molecule has 0 fully saturated rings. The molecule has 0 spiro atoms. The normalized spacial score (nSPS) is 10.3. The fourth-order valence-corrected chi connectivity index (χ4v) is 1.46. The summed E-state index contributed by atoms with van der Waals surface area (Å²) in [6, 6.07) is 5.41. The lowest BCUT2D eigenvalue weighted by molar-refractivity contribution is 0.0692. The van der Waals surface area contributed by atoms with Gasteiger partial charge < -0.3 is 9.84 Å². The zero-order valence-corrected chi connectivity index (χ0v) is 9.63. The van der Waals surface area contributed by atoms with Crippen LogP contribution in [0.15, 0.2) is 30.5 Å². The number of rotatable bonds is 4. The Morgan fingerprint density at radius 2 is 2.28 bits per heavy atom. The van der Waals surface area contributed by atoms with Crippen LogP contribution >= 0.6 is 0 Å². The highest BCUT2D eigenvalue weighted by molar-refractivity contribution is 5.88. The van der Waals surface area contributed by atoms with Crippen LogP contribution in [0, 0.1) is 5.82 Å². The zero-order valence-electron chi connectivity index (χ0n) is 9.63. The first kappa shape index (κ1) is 12.1. The molecule has 0 aliphatic rings. The summed E-state index contributed by atoms with van der Waals surface area (Å²) in [5.74, 6) is -1.85. The first-order valence-electron chi connectivity index (χ1n) is 5.20. The van der Waals surface area contributed by atoms with Crippen LogP contribution in [0.2, 0.25) is 0 Å². The number of aryl methyl sites for hydroxylation is 1. The molecule has 6 heteroatoms. The van der Waals surface area contributed by atoms with E-state index in [1.54, 1.807) is 24.0 Å². The van der Waals surface area contributed by atoms with Crippen LogP contribution in [-0.2, 0) is 13.7 Å². The summed E-state index contributed by atoms with van der Waals surface area (Å²) < 4.78 is 20.3. The van der Waals surface area contributed by atoms with Crippen LogP contribution in [0.5, 0.6) is 5.75 Å². The first-order chi connectivity index (χ1) is 8.56. The van der Waals surface area contributed by atoms with E-state index in [-0.39, 0.29) is 17.9 Å². The van der Waals surface area contributed by atoms with E-state index in [0.717, 1.165) is 6.07 Å². The van der Waals surface area contributed by atoms with Crippen molar-refractivity contribution in [1.29, 1.82) is 0 Å². The number of benzene rings is 1. The molecule has 0 bridgehead atoms. The summed E-state index contributed by atoms with van der Waals surface area (Å²) in [6.45, 7) is 0.201. The molecule has 18 heavy (non-hydrogen) atoms. The van der Waals surface area contributed by atoms with E-state index in [2.05, 4.69) is 5.10 Å². The molecule has 2 rings (SSSR count). The fourth-order valence-electron chi connectivity index (χ4n) is 1.46. The molecule has 5 nitrogen and oxygen atoms in total. The molecule has 0 aliphatic carbocycles. The molecular weight excluding hydrogens is 239 g/mol. The van der Waals surface area contributed by atoms with Crippen LogP contribution in [0.4, 0.5) is 4.39 Å². The SMILES string of the molecule is Cn1ccc(COc2ccc(C(=O)O)c(F)c2)n1. The van der Waals surface area contributed by atoms with Gasteiger partial charge in [0.15, 0.2) is 0 Å². The largest absolute Gasteiger partial charge is 0.487 e. The van der Waals surface area contributed by atoms with Crippen molar-refractivity contribution in [3.8, 4) is 5.75 Å². The highest BCUT2D eigenvalue weighted by Crippen LogP contribution is 2.17. The van der Waals surface area contributed by atoms with Gasteiger partial charge in [-0.15, -0.1) is 0 Å². The minimum Gasteiger partial charge on any atom is -0.487 e. The van der Waals surface area contributed by atoms with Gasteiger partial charge in [-0.2, -0.15) is 5.10 Å². The molecule has 0 atom stereocenters. The summed E-state index contributed by atoms with van der Waals surface area (Å²) in [5.41, 5.74) is 0.334. The smallest absolute Gasteiger partial charge is 0.338 e. The van der Waals surface area contributed by atoms with E-state index in [0.29, 0.717) is 5.69 Å². The predicted octanol–water partition coefficient (Wildman–Crippen LogP) is 1.84. The van der Waals surface area contributed by atoms with Crippen LogP contribution in [0.1, 0.15) is 16.1 Å². The monoisotopic (exact) mass is 250 g/mol. The minimum absolute atomic E-state index is 0.201. The maximum atomic E-state index is 13.4. The summed E-state index contributed by atoms with van der Waals surface area (Å²) in [6.07, 6.45) is 1.77. The number of aromatic nitrogens is 2. The number of aromatic carboxylic acids is 1. The lowest BCUT2D eigenvalue weighted by atomic mass is 10.2. The first-order valence-corrected chi connectivity index (χ1v) is 5.20. The molecule has 1 aromatic heterocycles. The standard InChI is InChI=1S/C12H11FN2O3/c1-15-5-4-8(14-15)7-18-9-2-3-10(12(16)17)11(13)6-9/h2-6H,7H2,1H3,(H,16,17). The van der Waals surface area contributed by atoms with Gasteiger partial charge in [-0.1, -0.05) is 0 Å². The van der Waals surface area contributed by atoms with Crippen molar-refractivity contribution in [2.24, 2.45) is 7.05 Å². The van der Waals surface area contributed by atoms with Gasteiger partial charge in [0, 0.05) is 19.3 Å². The van der Waals surface area contributed by atoms with Gasteiger partial charge in [0.1, 0.15) is 18.2 Å². The maximum Gasteiger partial charge on any atom is 0.338 e. The molecule has 0 saturated carbocycles. The van der Waals surface area contributed by atoms with Crippen LogP contribution in [-0.4, -0.2) is 20.9 Å². The summed E-state index contributed by atoms with van der Waals surface area (Å²) in [4.78, 5) is 10.6. The van der Waals surface area contributed by atoms with Crippen molar-refractivity contribution in [1.82, 2.24) is 9.78 Å². The molecule has 94 valence electrons. The van der Waals surface area contributed by atoms with Crippen molar-refractivity contribution >= 4 is 5.97 Å². The number of carboxylic acids is 1. The second-order valence-corrected chi connectivity index (χ2v) is 3.72. The Morgan fingerprint density at radius 3 is 2.83 bits per heavy atom. The van der Waals surface area contributed by atoms with Crippen LogP contribution in [0.3, 0.4) is 0 Å². The summed E-state index contributed by atoms with van der Waals surface area (Å²) in [5, 5.41) is 12.8. The highest BCUT2D eigenvalue weighted by Gasteiger charge is 2.11. The number of carboxylic acid groups (broad SMARTS) is 1. The molecule has 1 heterocycles. The average molecular weight is 250 g/mol. The number of nitrogens with zero attached hydrogens (tertiary/aromatic N) is 2. The Hall–Kier alpha value is -2.37. The molecule has 0 radical (unpaired) electrons. The van der Waals surface area contributed by atoms with Crippen molar-refractivity contribution in [3.05, 3.63) is 47.5 Å². The number of halogens is 1. The third-order valence-corrected chi connectivity index (χ3v) is 2.33. The van der Waals surface area contributed by atoms with Gasteiger partial charge in [-0.3, -0.25) is 4.68 Å². The molecular formula is C12H11FN2O3. The molecule has 0 unspecified atom stereocenters. The Kier molecular flexibility index (Phi) is 3.27. The van der Waals surface area contributed by atoms with Crippen molar-refractivity contribution in [2.75, 3.05) is 0 Å². The van der Waals surface area contributed by atoms with Crippen molar-refractivity contribution < 1.29 is 19.0 Å². The Bertz CT molecular complexity index is 580. The van der Waals surface area contributed by atoms with Crippen LogP contribution in [0.25, 0.3) is 0 Å².